The van der Waals surface area contributed by atoms with Crippen molar-refractivity contribution < 1.29 is 4.42 Å². The van der Waals surface area contributed by atoms with Crippen LogP contribution in [0.5, 0.6) is 0 Å². The average Bonchev–Trinajstić information content (AvgIpc) is 3.82. The minimum Gasteiger partial charge on any atom is -0.455 e. The Balaban J connectivity index is 0.888. The summed E-state index contributed by atoms with van der Waals surface area (Å²) in [6.45, 7) is 0. The summed E-state index contributed by atoms with van der Waals surface area (Å²) in [4.78, 5) is 2.35. The van der Waals surface area contributed by atoms with Gasteiger partial charge in [-0.1, -0.05) is 218 Å². The summed E-state index contributed by atoms with van der Waals surface area (Å²) in [6, 6.07) is 97.8. The van der Waals surface area contributed by atoms with Crippen molar-refractivity contribution in [2.24, 2.45) is 0 Å². The molecule has 1 aromatic heterocycles. The van der Waals surface area contributed by atoms with E-state index in [2.05, 4.69) is 278 Å². The zero-order valence-electron chi connectivity index (χ0n) is 37.3. The molecule has 0 saturated heterocycles. The molecule has 0 unspecified atom stereocenters. The van der Waals surface area contributed by atoms with Crippen molar-refractivity contribution in [2.45, 2.75) is 0 Å². The number of para-hydroxylation sites is 2. The number of benzene rings is 11. The van der Waals surface area contributed by atoms with Crippen LogP contribution in [0.15, 0.2) is 277 Å². The molecule has 0 saturated carbocycles. The maximum absolute atomic E-state index is 6.80. The van der Waals surface area contributed by atoms with Gasteiger partial charge in [0.05, 0.1) is 0 Å². The van der Waals surface area contributed by atoms with Gasteiger partial charge in [-0.2, -0.15) is 0 Å². The number of hydrogen-bond donors (Lipinski definition) is 0. The monoisotopic (exact) mass is 867 g/mol. The van der Waals surface area contributed by atoms with Crippen LogP contribution in [0.2, 0.25) is 0 Å². The smallest absolute Gasteiger partial charge is 0.143 e. The molecule has 0 aliphatic heterocycles. The fourth-order valence-corrected chi connectivity index (χ4v) is 9.63. The van der Waals surface area contributed by atoms with Gasteiger partial charge in [0.15, 0.2) is 0 Å². The van der Waals surface area contributed by atoms with Crippen LogP contribution in [0.25, 0.3) is 99.8 Å². The van der Waals surface area contributed by atoms with Crippen molar-refractivity contribution in [2.75, 3.05) is 4.90 Å². The molecule has 0 fully saturated rings. The van der Waals surface area contributed by atoms with Crippen LogP contribution in [0.4, 0.5) is 17.1 Å². The van der Waals surface area contributed by atoms with Crippen molar-refractivity contribution in [3.05, 3.63) is 273 Å². The summed E-state index contributed by atoms with van der Waals surface area (Å²) < 4.78 is 6.80. The number of furan rings is 1. The Labute approximate surface area is 397 Å². The van der Waals surface area contributed by atoms with Crippen LogP contribution in [-0.2, 0) is 0 Å². The minimum absolute atomic E-state index is 0.902. The number of nitrogens with zero attached hydrogens (tertiary/aromatic N) is 1. The Bertz CT molecular complexity index is 3560. The van der Waals surface area contributed by atoms with Gasteiger partial charge >= 0.3 is 0 Å². The zero-order valence-corrected chi connectivity index (χ0v) is 37.3. The SMILES string of the molecule is c1ccc(-c2cccc(-c3ccc(N(c4ccc(-c5cccc(-c6ccccc6)c5)cc4)c4ccc(-c5cccc(-c6cccc7c6oc6c(-c8ccccc8)cccc67)c5)cc4)cc3)c2)cc1. The van der Waals surface area contributed by atoms with E-state index in [9.17, 15) is 0 Å². The van der Waals surface area contributed by atoms with Crippen molar-refractivity contribution in [3.63, 3.8) is 0 Å². The third-order valence-electron chi connectivity index (χ3n) is 13.1. The van der Waals surface area contributed by atoms with Gasteiger partial charge in [-0.05, 0) is 121 Å². The van der Waals surface area contributed by atoms with Gasteiger partial charge in [0.25, 0.3) is 0 Å². The maximum atomic E-state index is 6.80. The van der Waals surface area contributed by atoms with E-state index in [0.29, 0.717) is 0 Å². The lowest BCUT2D eigenvalue weighted by molar-refractivity contribution is 0.671. The van der Waals surface area contributed by atoms with Crippen LogP contribution in [-0.4, -0.2) is 0 Å². The van der Waals surface area contributed by atoms with E-state index < -0.39 is 0 Å². The van der Waals surface area contributed by atoms with E-state index in [0.717, 1.165) is 72.4 Å². The van der Waals surface area contributed by atoms with E-state index in [1.54, 1.807) is 0 Å². The fraction of sp³-hybridized carbons (Fsp3) is 0. The summed E-state index contributed by atoms with van der Waals surface area (Å²) >= 11 is 0. The first-order chi connectivity index (χ1) is 33.7. The molecule has 2 heteroatoms. The van der Waals surface area contributed by atoms with Gasteiger partial charge in [0.2, 0.25) is 0 Å². The molecule has 11 aromatic carbocycles. The third-order valence-corrected chi connectivity index (χ3v) is 13.1. The standard InChI is InChI=1S/C66H45NO/c1-4-15-46(16-5-1)52-21-10-23-54(43-52)48-31-37-58(38-32-48)67(59-39-33-49(34-40-59)55-24-11-22-53(44-55)47-17-6-2-7-18-47)60-41-35-50(36-42-60)56-25-12-26-57(45-56)62-28-14-30-64-63-29-13-27-61(65(63)68-66(62)64)51-19-8-3-9-20-51/h1-45H. The second kappa shape index (κ2) is 17.8. The molecule has 1 heterocycles. The van der Waals surface area contributed by atoms with Crippen molar-refractivity contribution >= 4 is 39.0 Å². The highest BCUT2D eigenvalue weighted by molar-refractivity contribution is 6.13. The molecule has 0 spiro atoms. The molecule has 68 heavy (non-hydrogen) atoms. The van der Waals surface area contributed by atoms with Crippen LogP contribution < -0.4 is 4.90 Å². The number of hydrogen-bond acceptors (Lipinski definition) is 2. The second-order valence-electron chi connectivity index (χ2n) is 17.3. The average molecular weight is 868 g/mol. The molecule has 0 aliphatic carbocycles. The Morgan fingerprint density at radius 3 is 0.868 bits per heavy atom. The van der Waals surface area contributed by atoms with E-state index in [1.807, 2.05) is 0 Å². The van der Waals surface area contributed by atoms with Gasteiger partial charge < -0.3 is 9.32 Å². The van der Waals surface area contributed by atoms with E-state index in [-0.39, 0.29) is 0 Å². The Morgan fingerprint density at radius 1 is 0.206 bits per heavy atom. The van der Waals surface area contributed by atoms with Crippen LogP contribution in [0.1, 0.15) is 0 Å². The van der Waals surface area contributed by atoms with Gasteiger partial charge in [0.1, 0.15) is 11.2 Å². The highest BCUT2D eigenvalue weighted by Gasteiger charge is 2.18. The normalized spacial score (nSPS) is 11.2. The largest absolute Gasteiger partial charge is 0.455 e. The predicted octanol–water partition coefficient (Wildman–Crippen LogP) is 18.7. The quantitative estimate of drug-likeness (QED) is 0.136. The van der Waals surface area contributed by atoms with E-state index in [1.165, 1.54) is 44.5 Å². The lowest BCUT2D eigenvalue weighted by atomic mass is 9.97. The summed E-state index contributed by atoms with van der Waals surface area (Å²) in [5.74, 6) is 0. The summed E-state index contributed by atoms with van der Waals surface area (Å²) in [5.41, 5.74) is 21.3. The molecule has 0 aliphatic rings. The topological polar surface area (TPSA) is 16.4 Å². The molecule has 12 aromatic rings. The van der Waals surface area contributed by atoms with Crippen molar-refractivity contribution in [1.29, 1.82) is 0 Å². The van der Waals surface area contributed by atoms with Crippen molar-refractivity contribution in [1.82, 2.24) is 0 Å². The molecule has 0 radical (unpaired) electrons. The summed E-state index contributed by atoms with van der Waals surface area (Å²) in [5, 5.41) is 2.24. The number of anilines is 3. The first-order valence-electron chi connectivity index (χ1n) is 23.2. The highest BCUT2D eigenvalue weighted by atomic mass is 16.3. The lowest BCUT2D eigenvalue weighted by Gasteiger charge is -2.26. The van der Waals surface area contributed by atoms with Gasteiger partial charge in [-0.15, -0.1) is 0 Å². The first-order valence-corrected chi connectivity index (χ1v) is 23.2. The van der Waals surface area contributed by atoms with Gasteiger partial charge in [-0.3, -0.25) is 0 Å². The lowest BCUT2D eigenvalue weighted by Crippen LogP contribution is -2.09. The molecular weight excluding hydrogens is 823 g/mol. The minimum atomic E-state index is 0.902. The zero-order chi connectivity index (χ0) is 45.2. The van der Waals surface area contributed by atoms with E-state index >= 15 is 0 Å². The second-order valence-corrected chi connectivity index (χ2v) is 17.3. The predicted molar refractivity (Wildman–Crippen MR) is 286 cm³/mol. The molecule has 0 atom stereocenters. The molecule has 0 bridgehead atoms. The van der Waals surface area contributed by atoms with Gasteiger partial charge in [-0.25, -0.2) is 0 Å². The van der Waals surface area contributed by atoms with Gasteiger partial charge in [0, 0.05) is 39.0 Å². The molecule has 320 valence electrons. The van der Waals surface area contributed by atoms with E-state index in [4.69, 9.17) is 4.42 Å². The molecule has 0 N–H and O–H groups in total. The maximum Gasteiger partial charge on any atom is 0.143 e. The van der Waals surface area contributed by atoms with Crippen LogP contribution in [0.3, 0.4) is 0 Å². The van der Waals surface area contributed by atoms with Crippen LogP contribution >= 0.6 is 0 Å². The molecule has 2 nitrogen and oxygen atoms in total. The Morgan fingerprint density at radius 2 is 0.485 bits per heavy atom. The highest BCUT2D eigenvalue weighted by Crippen LogP contribution is 2.42. The number of rotatable bonds is 10. The Kier molecular flexibility index (Phi) is 10.6. The first kappa shape index (κ1) is 40.5. The van der Waals surface area contributed by atoms with Crippen LogP contribution in [0, 0.1) is 0 Å². The fourth-order valence-electron chi connectivity index (χ4n) is 9.63. The molecule has 12 rings (SSSR count). The van der Waals surface area contributed by atoms with Crippen molar-refractivity contribution in [3.8, 4) is 77.9 Å². The Hall–Kier alpha value is -8.98. The third kappa shape index (κ3) is 7.85. The summed E-state index contributed by atoms with van der Waals surface area (Å²) in [6.07, 6.45) is 0. The molecular formula is C66H45NO. The number of fused-ring (bicyclic) bond motifs is 3. The summed E-state index contributed by atoms with van der Waals surface area (Å²) in [7, 11) is 0. The molecule has 0 amide bonds.